The zero-order valence-corrected chi connectivity index (χ0v) is 13.4. The van der Waals surface area contributed by atoms with Gasteiger partial charge in [0.05, 0.1) is 11.5 Å². The lowest BCUT2D eigenvalue weighted by atomic mass is 10.2. The lowest BCUT2D eigenvalue weighted by Crippen LogP contribution is -2.22. The van der Waals surface area contributed by atoms with Crippen molar-refractivity contribution in [2.75, 3.05) is 17.2 Å². The van der Waals surface area contributed by atoms with Crippen LogP contribution in [0.3, 0.4) is 0 Å². The van der Waals surface area contributed by atoms with Crippen LogP contribution in [-0.2, 0) is 4.79 Å². The van der Waals surface area contributed by atoms with Crippen molar-refractivity contribution in [3.8, 4) is 0 Å². The van der Waals surface area contributed by atoms with Crippen LogP contribution in [0.2, 0.25) is 0 Å². The fourth-order valence-electron chi connectivity index (χ4n) is 1.87. The second-order valence-corrected chi connectivity index (χ2v) is 5.58. The fourth-order valence-corrected chi connectivity index (χ4v) is 2.35. The molecule has 0 unspecified atom stereocenters. The number of carbonyl (C=O) groups excluding carboxylic acids is 1. The smallest absolute Gasteiger partial charge is 0.271 e. The Bertz CT molecular complexity index is 719. The van der Waals surface area contributed by atoms with Crippen molar-refractivity contribution in [2.24, 2.45) is 0 Å². The van der Waals surface area contributed by atoms with Gasteiger partial charge in [0, 0.05) is 28.0 Å². The molecule has 0 radical (unpaired) electrons. The van der Waals surface area contributed by atoms with Gasteiger partial charge >= 0.3 is 0 Å². The first-order chi connectivity index (χ1) is 10.5. The first kappa shape index (κ1) is 16.0. The molecule has 0 aromatic heterocycles. The van der Waals surface area contributed by atoms with E-state index in [0.29, 0.717) is 5.69 Å². The molecule has 0 aliphatic rings. The molecule has 0 spiro atoms. The van der Waals surface area contributed by atoms with Gasteiger partial charge in [-0.15, -0.1) is 0 Å². The van der Waals surface area contributed by atoms with E-state index in [-0.39, 0.29) is 18.1 Å². The number of nitro groups is 1. The number of carbonyl (C=O) groups is 1. The standard InChI is InChI=1S/C15H14BrN3O3/c1-10-7-11(16)5-6-14(10)18-15(20)9-17-12-3-2-4-13(8-12)19(21)22/h2-8,17H,9H2,1H3,(H,18,20). The summed E-state index contributed by atoms with van der Waals surface area (Å²) in [5.41, 5.74) is 2.18. The van der Waals surface area contributed by atoms with Crippen molar-refractivity contribution in [2.45, 2.75) is 6.92 Å². The fraction of sp³-hybridized carbons (Fsp3) is 0.133. The molecule has 0 aliphatic carbocycles. The predicted octanol–water partition coefficient (Wildman–Crippen LogP) is 3.72. The number of nitrogens with one attached hydrogen (secondary N) is 2. The molecule has 2 N–H and O–H groups in total. The van der Waals surface area contributed by atoms with Crippen LogP contribution in [0.15, 0.2) is 46.9 Å². The zero-order chi connectivity index (χ0) is 16.1. The number of rotatable bonds is 5. The number of non-ortho nitro benzene ring substituents is 1. The monoisotopic (exact) mass is 363 g/mol. The van der Waals surface area contributed by atoms with Crippen LogP contribution in [-0.4, -0.2) is 17.4 Å². The Morgan fingerprint density at radius 3 is 2.73 bits per heavy atom. The van der Waals surface area contributed by atoms with E-state index in [1.54, 1.807) is 12.1 Å². The van der Waals surface area contributed by atoms with Crippen LogP contribution in [0.25, 0.3) is 0 Å². The van der Waals surface area contributed by atoms with E-state index in [9.17, 15) is 14.9 Å². The summed E-state index contributed by atoms with van der Waals surface area (Å²) in [4.78, 5) is 22.1. The zero-order valence-electron chi connectivity index (χ0n) is 11.8. The molecule has 0 bridgehead atoms. The first-order valence-electron chi connectivity index (χ1n) is 6.50. The van der Waals surface area contributed by atoms with E-state index in [0.717, 1.165) is 15.7 Å². The quantitative estimate of drug-likeness (QED) is 0.626. The Hall–Kier alpha value is -2.41. The third kappa shape index (κ3) is 4.29. The molecular weight excluding hydrogens is 350 g/mol. The summed E-state index contributed by atoms with van der Waals surface area (Å²) in [7, 11) is 0. The Balaban J connectivity index is 1.95. The topological polar surface area (TPSA) is 84.3 Å². The van der Waals surface area contributed by atoms with E-state index in [2.05, 4.69) is 26.6 Å². The van der Waals surface area contributed by atoms with E-state index in [4.69, 9.17) is 0 Å². The molecule has 0 aliphatic heterocycles. The van der Waals surface area contributed by atoms with Gasteiger partial charge in [-0.3, -0.25) is 14.9 Å². The van der Waals surface area contributed by atoms with Crippen molar-refractivity contribution in [1.82, 2.24) is 0 Å². The van der Waals surface area contributed by atoms with Crippen molar-refractivity contribution in [1.29, 1.82) is 0 Å². The molecule has 6 nitrogen and oxygen atoms in total. The van der Waals surface area contributed by atoms with Crippen LogP contribution in [0.4, 0.5) is 17.1 Å². The Morgan fingerprint density at radius 2 is 2.05 bits per heavy atom. The highest BCUT2D eigenvalue weighted by molar-refractivity contribution is 9.10. The number of benzene rings is 2. The van der Waals surface area contributed by atoms with Crippen LogP contribution in [0.5, 0.6) is 0 Å². The summed E-state index contributed by atoms with van der Waals surface area (Å²) in [6, 6.07) is 11.6. The van der Waals surface area contributed by atoms with Gasteiger partial charge in [-0.2, -0.15) is 0 Å². The summed E-state index contributed by atoms with van der Waals surface area (Å²) in [5, 5.41) is 16.3. The number of anilines is 2. The lowest BCUT2D eigenvalue weighted by Gasteiger charge is -2.10. The van der Waals surface area contributed by atoms with Gasteiger partial charge in [-0.05, 0) is 36.8 Å². The molecular formula is C15H14BrN3O3. The Morgan fingerprint density at radius 1 is 1.27 bits per heavy atom. The summed E-state index contributed by atoms with van der Waals surface area (Å²) in [6.45, 7) is 1.92. The number of hydrogen-bond donors (Lipinski definition) is 2. The highest BCUT2D eigenvalue weighted by atomic mass is 79.9. The van der Waals surface area contributed by atoms with Crippen molar-refractivity contribution in [3.05, 3.63) is 62.6 Å². The molecule has 2 aromatic rings. The molecule has 114 valence electrons. The number of amides is 1. The van der Waals surface area contributed by atoms with Gasteiger partial charge in [-0.1, -0.05) is 22.0 Å². The molecule has 2 rings (SSSR count). The van der Waals surface area contributed by atoms with Gasteiger partial charge < -0.3 is 10.6 Å². The molecule has 0 fully saturated rings. The van der Waals surface area contributed by atoms with Gasteiger partial charge in [0.25, 0.3) is 5.69 Å². The number of hydrogen-bond acceptors (Lipinski definition) is 4. The molecule has 7 heteroatoms. The Kier molecular flexibility index (Phi) is 5.11. The summed E-state index contributed by atoms with van der Waals surface area (Å²) >= 11 is 3.36. The van der Waals surface area contributed by atoms with E-state index in [1.165, 1.54) is 12.1 Å². The lowest BCUT2D eigenvalue weighted by molar-refractivity contribution is -0.384. The van der Waals surface area contributed by atoms with Crippen molar-refractivity contribution < 1.29 is 9.72 Å². The normalized spacial score (nSPS) is 10.1. The van der Waals surface area contributed by atoms with Gasteiger partial charge in [0.1, 0.15) is 0 Å². The largest absolute Gasteiger partial charge is 0.376 e. The van der Waals surface area contributed by atoms with Crippen molar-refractivity contribution in [3.63, 3.8) is 0 Å². The highest BCUT2D eigenvalue weighted by Crippen LogP contribution is 2.20. The average Bonchev–Trinajstić information content (AvgIpc) is 2.48. The molecule has 0 saturated heterocycles. The number of nitrogens with zero attached hydrogens (tertiary/aromatic N) is 1. The number of halogens is 1. The van der Waals surface area contributed by atoms with Gasteiger partial charge in [-0.25, -0.2) is 0 Å². The molecule has 0 atom stereocenters. The highest BCUT2D eigenvalue weighted by Gasteiger charge is 2.08. The molecule has 2 aromatic carbocycles. The number of nitro benzene ring substituents is 1. The van der Waals surface area contributed by atoms with Gasteiger partial charge in [0.15, 0.2) is 0 Å². The SMILES string of the molecule is Cc1cc(Br)ccc1NC(=O)CNc1cccc([N+](=O)[O-])c1. The molecule has 22 heavy (non-hydrogen) atoms. The van der Waals surface area contributed by atoms with E-state index >= 15 is 0 Å². The second kappa shape index (κ2) is 7.04. The summed E-state index contributed by atoms with van der Waals surface area (Å²) in [6.07, 6.45) is 0. The molecule has 0 heterocycles. The number of aryl methyl sites for hydroxylation is 1. The van der Waals surface area contributed by atoms with Crippen LogP contribution >= 0.6 is 15.9 Å². The van der Waals surface area contributed by atoms with Gasteiger partial charge in [0.2, 0.25) is 5.91 Å². The second-order valence-electron chi connectivity index (χ2n) is 4.67. The van der Waals surface area contributed by atoms with E-state index in [1.807, 2.05) is 25.1 Å². The minimum atomic E-state index is -0.476. The van der Waals surface area contributed by atoms with Crippen LogP contribution < -0.4 is 10.6 Å². The first-order valence-corrected chi connectivity index (χ1v) is 7.29. The van der Waals surface area contributed by atoms with Crippen LogP contribution in [0.1, 0.15) is 5.56 Å². The Labute approximate surface area is 135 Å². The average molecular weight is 364 g/mol. The third-order valence-corrected chi connectivity index (χ3v) is 3.47. The maximum Gasteiger partial charge on any atom is 0.271 e. The maximum absolute atomic E-state index is 11.9. The van der Waals surface area contributed by atoms with E-state index < -0.39 is 4.92 Å². The third-order valence-electron chi connectivity index (χ3n) is 2.97. The summed E-state index contributed by atoms with van der Waals surface area (Å²) < 4.78 is 0.942. The minimum Gasteiger partial charge on any atom is -0.376 e. The van der Waals surface area contributed by atoms with Crippen LogP contribution in [0, 0.1) is 17.0 Å². The molecule has 0 saturated carbocycles. The minimum absolute atomic E-state index is 0.0193. The maximum atomic E-state index is 11.9. The van der Waals surface area contributed by atoms with Crippen molar-refractivity contribution >= 4 is 38.9 Å². The predicted molar refractivity (Wildman–Crippen MR) is 89.1 cm³/mol. The molecule has 1 amide bonds. The summed E-state index contributed by atoms with van der Waals surface area (Å²) in [5.74, 6) is -0.225.